The van der Waals surface area contributed by atoms with Crippen molar-refractivity contribution < 1.29 is 14.3 Å². The highest BCUT2D eigenvalue weighted by Gasteiger charge is 2.16. The summed E-state index contributed by atoms with van der Waals surface area (Å²) >= 11 is 0. The topological polar surface area (TPSA) is 47.6 Å². The summed E-state index contributed by atoms with van der Waals surface area (Å²) in [7, 11) is 0. The summed E-state index contributed by atoms with van der Waals surface area (Å²) in [5, 5.41) is 2.86. The number of nitrogens with one attached hydrogen (secondary N) is 1. The summed E-state index contributed by atoms with van der Waals surface area (Å²) in [6.45, 7) is 12.8. The van der Waals surface area contributed by atoms with Gasteiger partial charge in [0, 0.05) is 0 Å². The Bertz CT molecular complexity index is 783. The zero-order valence-electron chi connectivity index (χ0n) is 16.6. The maximum atomic E-state index is 12.3. The SMILES string of the molecule is Cc1ccc(OCCNC(=O)C(C)Oc2cc(C)cc(C)c2C)c(C)c1. The first-order valence-corrected chi connectivity index (χ1v) is 9.00. The van der Waals surface area contributed by atoms with Crippen LogP contribution in [0.15, 0.2) is 30.3 Å². The molecule has 2 rings (SSSR count). The first-order chi connectivity index (χ1) is 12.3. The predicted octanol–water partition coefficient (Wildman–Crippen LogP) is 4.19. The number of hydrogen-bond donors (Lipinski definition) is 1. The summed E-state index contributed by atoms with van der Waals surface area (Å²) in [6.07, 6.45) is -0.559. The Morgan fingerprint density at radius 2 is 1.65 bits per heavy atom. The summed E-state index contributed by atoms with van der Waals surface area (Å²) < 4.78 is 11.6. The third-order valence-corrected chi connectivity index (χ3v) is 4.43. The van der Waals surface area contributed by atoms with Crippen LogP contribution in [0.2, 0.25) is 0 Å². The molecule has 0 aliphatic heterocycles. The second kappa shape index (κ2) is 8.75. The van der Waals surface area contributed by atoms with E-state index in [0.717, 1.165) is 33.8 Å². The summed E-state index contributed by atoms with van der Waals surface area (Å²) in [5.74, 6) is 1.46. The van der Waals surface area contributed by atoms with Crippen molar-refractivity contribution in [3.05, 3.63) is 58.1 Å². The Kier molecular flexibility index (Phi) is 6.67. The van der Waals surface area contributed by atoms with E-state index in [-0.39, 0.29) is 5.91 Å². The molecule has 0 spiro atoms. The largest absolute Gasteiger partial charge is 0.491 e. The van der Waals surface area contributed by atoms with E-state index in [2.05, 4.69) is 24.4 Å². The van der Waals surface area contributed by atoms with Crippen molar-refractivity contribution in [3.8, 4) is 11.5 Å². The second-order valence-electron chi connectivity index (χ2n) is 6.87. The van der Waals surface area contributed by atoms with Crippen molar-refractivity contribution in [1.82, 2.24) is 5.32 Å². The minimum absolute atomic E-state index is 0.146. The zero-order chi connectivity index (χ0) is 19.3. The van der Waals surface area contributed by atoms with Crippen molar-refractivity contribution in [2.24, 2.45) is 0 Å². The molecule has 4 nitrogen and oxygen atoms in total. The zero-order valence-corrected chi connectivity index (χ0v) is 16.6. The van der Waals surface area contributed by atoms with E-state index < -0.39 is 6.10 Å². The summed E-state index contributed by atoms with van der Waals surface area (Å²) in [5.41, 5.74) is 5.65. The normalized spacial score (nSPS) is 11.8. The van der Waals surface area contributed by atoms with Crippen LogP contribution in [0.25, 0.3) is 0 Å². The first kappa shape index (κ1) is 19.8. The van der Waals surface area contributed by atoms with Crippen molar-refractivity contribution >= 4 is 5.91 Å². The van der Waals surface area contributed by atoms with E-state index in [1.807, 2.05) is 45.9 Å². The highest BCUT2D eigenvalue weighted by molar-refractivity contribution is 5.80. The van der Waals surface area contributed by atoms with Crippen LogP contribution in [0.1, 0.15) is 34.7 Å². The van der Waals surface area contributed by atoms with Gasteiger partial charge in [0.15, 0.2) is 6.10 Å². The van der Waals surface area contributed by atoms with E-state index in [1.165, 1.54) is 5.56 Å². The number of rotatable bonds is 7. The van der Waals surface area contributed by atoms with Crippen molar-refractivity contribution in [2.45, 2.75) is 47.6 Å². The maximum absolute atomic E-state index is 12.3. The lowest BCUT2D eigenvalue weighted by molar-refractivity contribution is -0.127. The fourth-order valence-corrected chi connectivity index (χ4v) is 2.81. The molecule has 0 radical (unpaired) electrons. The number of aryl methyl sites for hydroxylation is 4. The van der Waals surface area contributed by atoms with Gasteiger partial charge in [-0.05, 0) is 75.9 Å². The molecule has 26 heavy (non-hydrogen) atoms. The fourth-order valence-electron chi connectivity index (χ4n) is 2.81. The summed E-state index contributed by atoms with van der Waals surface area (Å²) in [4.78, 5) is 12.3. The van der Waals surface area contributed by atoms with E-state index in [1.54, 1.807) is 6.92 Å². The Morgan fingerprint density at radius 1 is 0.962 bits per heavy atom. The van der Waals surface area contributed by atoms with Crippen molar-refractivity contribution in [2.75, 3.05) is 13.2 Å². The van der Waals surface area contributed by atoms with Gasteiger partial charge in [-0.25, -0.2) is 0 Å². The molecule has 0 aliphatic rings. The van der Waals surface area contributed by atoms with Gasteiger partial charge < -0.3 is 14.8 Å². The monoisotopic (exact) mass is 355 g/mol. The Hall–Kier alpha value is -2.49. The number of benzene rings is 2. The molecule has 1 atom stereocenters. The van der Waals surface area contributed by atoms with E-state index in [9.17, 15) is 4.79 Å². The van der Waals surface area contributed by atoms with Crippen LogP contribution in [0.3, 0.4) is 0 Å². The molecule has 2 aromatic carbocycles. The minimum atomic E-state index is -0.559. The predicted molar refractivity (Wildman–Crippen MR) is 105 cm³/mol. The molecule has 0 bridgehead atoms. The Balaban J connectivity index is 1.82. The minimum Gasteiger partial charge on any atom is -0.491 e. The first-order valence-electron chi connectivity index (χ1n) is 9.00. The molecule has 1 amide bonds. The van der Waals surface area contributed by atoms with E-state index >= 15 is 0 Å². The van der Waals surface area contributed by atoms with Crippen LogP contribution in [-0.2, 0) is 4.79 Å². The van der Waals surface area contributed by atoms with Gasteiger partial charge in [0.25, 0.3) is 5.91 Å². The number of amides is 1. The van der Waals surface area contributed by atoms with Crippen molar-refractivity contribution in [1.29, 1.82) is 0 Å². The molecule has 140 valence electrons. The van der Waals surface area contributed by atoms with E-state index in [4.69, 9.17) is 9.47 Å². The van der Waals surface area contributed by atoms with Crippen LogP contribution < -0.4 is 14.8 Å². The van der Waals surface area contributed by atoms with Gasteiger partial charge in [-0.15, -0.1) is 0 Å². The standard InChI is InChI=1S/C22H29NO3/c1-14-7-8-20(17(4)11-14)25-10-9-23-22(24)19(6)26-21-13-15(2)12-16(3)18(21)5/h7-8,11-13,19H,9-10H2,1-6H3,(H,23,24). The van der Waals surface area contributed by atoms with Crippen LogP contribution in [-0.4, -0.2) is 25.2 Å². The number of ether oxygens (including phenoxy) is 2. The van der Waals surface area contributed by atoms with Gasteiger partial charge >= 0.3 is 0 Å². The lowest BCUT2D eigenvalue weighted by atomic mass is 10.1. The lowest BCUT2D eigenvalue weighted by Gasteiger charge is -2.18. The average molecular weight is 355 g/mol. The van der Waals surface area contributed by atoms with Gasteiger partial charge in [-0.3, -0.25) is 4.79 Å². The van der Waals surface area contributed by atoms with Crippen LogP contribution in [0.5, 0.6) is 11.5 Å². The number of carbonyl (C=O) groups is 1. The lowest BCUT2D eigenvalue weighted by Crippen LogP contribution is -2.38. The molecule has 0 heterocycles. The molecule has 1 unspecified atom stereocenters. The number of hydrogen-bond acceptors (Lipinski definition) is 3. The Labute approximate surface area is 156 Å². The van der Waals surface area contributed by atoms with Crippen LogP contribution in [0, 0.1) is 34.6 Å². The second-order valence-corrected chi connectivity index (χ2v) is 6.87. The molecule has 0 fully saturated rings. The average Bonchev–Trinajstić information content (AvgIpc) is 2.57. The third kappa shape index (κ3) is 5.25. The quantitative estimate of drug-likeness (QED) is 0.758. The van der Waals surface area contributed by atoms with Gasteiger partial charge in [-0.1, -0.05) is 23.8 Å². The fraction of sp³-hybridized carbons (Fsp3) is 0.409. The van der Waals surface area contributed by atoms with Gasteiger partial charge in [0.1, 0.15) is 18.1 Å². The van der Waals surface area contributed by atoms with Crippen LogP contribution >= 0.6 is 0 Å². The molecule has 4 heteroatoms. The highest BCUT2D eigenvalue weighted by atomic mass is 16.5. The Morgan fingerprint density at radius 3 is 2.35 bits per heavy atom. The van der Waals surface area contributed by atoms with Crippen LogP contribution in [0.4, 0.5) is 0 Å². The van der Waals surface area contributed by atoms with Gasteiger partial charge in [-0.2, -0.15) is 0 Å². The molecule has 0 saturated heterocycles. The highest BCUT2D eigenvalue weighted by Crippen LogP contribution is 2.24. The molecule has 2 aromatic rings. The molecule has 0 aliphatic carbocycles. The molecule has 1 N–H and O–H groups in total. The third-order valence-electron chi connectivity index (χ3n) is 4.43. The van der Waals surface area contributed by atoms with Gasteiger partial charge in [0.2, 0.25) is 0 Å². The van der Waals surface area contributed by atoms with Gasteiger partial charge in [0.05, 0.1) is 6.54 Å². The summed E-state index contributed by atoms with van der Waals surface area (Å²) in [6, 6.07) is 10.1. The molecular weight excluding hydrogens is 326 g/mol. The molecular formula is C22H29NO3. The van der Waals surface area contributed by atoms with Crippen molar-refractivity contribution in [3.63, 3.8) is 0 Å². The van der Waals surface area contributed by atoms with E-state index in [0.29, 0.717) is 13.2 Å². The molecule has 0 aromatic heterocycles. The smallest absolute Gasteiger partial charge is 0.260 e. The molecule has 0 saturated carbocycles. The number of carbonyl (C=O) groups excluding carboxylic acids is 1. The maximum Gasteiger partial charge on any atom is 0.260 e.